The summed E-state index contributed by atoms with van der Waals surface area (Å²) in [7, 11) is 0. The molecule has 6 heteroatoms. The fourth-order valence-electron chi connectivity index (χ4n) is 3.07. The molecule has 1 aliphatic carbocycles. The summed E-state index contributed by atoms with van der Waals surface area (Å²) in [6, 6.07) is 4.35. The summed E-state index contributed by atoms with van der Waals surface area (Å²) in [6.07, 6.45) is 5.72. The van der Waals surface area contributed by atoms with Crippen molar-refractivity contribution in [3.63, 3.8) is 0 Å². The van der Waals surface area contributed by atoms with Crippen LogP contribution in [0.25, 0.3) is 10.7 Å². The van der Waals surface area contributed by atoms with Gasteiger partial charge in [0.05, 0.1) is 4.88 Å². The number of rotatable bonds is 6. The van der Waals surface area contributed by atoms with Crippen molar-refractivity contribution < 1.29 is 9.32 Å². The third kappa shape index (κ3) is 3.38. The molecule has 1 saturated carbocycles. The van der Waals surface area contributed by atoms with Crippen LogP contribution in [0, 0.1) is 0 Å². The minimum absolute atomic E-state index is 0.199. The third-order valence-corrected chi connectivity index (χ3v) is 5.05. The second-order valence-corrected chi connectivity index (χ2v) is 6.55. The highest BCUT2D eigenvalue weighted by molar-refractivity contribution is 7.13. The highest BCUT2D eigenvalue weighted by atomic mass is 32.1. The van der Waals surface area contributed by atoms with Gasteiger partial charge in [0.2, 0.25) is 17.6 Å². The zero-order valence-electron chi connectivity index (χ0n) is 12.8. The standard InChI is InChI=1S/C16H21N3O2S/c1-2-19(12-6-3-4-7-12)15(20)10-9-14-17-16(18-21-14)13-8-5-11-22-13/h5,8,11-12H,2-4,6-7,9-10H2,1H3. The Morgan fingerprint density at radius 3 is 2.95 bits per heavy atom. The molecule has 0 saturated heterocycles. The van der Waals surface area contributed by atoms with Gasteiger partial charge in [0.1, 0.15) is 0 Å². The molecule has 0 atom stereocenters. The molecule has 0 aliphatic heterocycles. The molecule has 2 aromatic rings. The SMILES string of the molecule is CCN(C(=O)CCc1nc(-c2cccs2)no1)C1CCCC1. The maximum absolute atomic E-state index is 12.4. The Balaban J connectivity index is 1.56. The van der Waals surface area contributed by atoms with Gasteiger partial charge in [0.15, 0.2) is 0 Å². The molecule has 2 heterocycles. The van der Waals surface area contributed by atoms with Crippen LogP contribution in [0.1, 0.15) is 44.9 Å². The summed E-state index contributed by atoms with van der Waals surface area (Å²) >= 11 is 1.58. The van der Waals surface area contributed by atoms with E-state index in [2.05, 4.69) is 17.1 Å². The lowest BCUT2D eigenvalue weighted by atomic mass is 10.2. The average Bonchev–Trinajstić information content (AvgIpc) is 3.26. The molecule has 0 unspecified atom stereocenters. The van der Waals surface area contributed by atoms with Crippen molar-refractivity contribution >= 4 is 17.2 Å². The molecule has 1 fully saturated rings. The number of aromatic nitrogens is 2. The summed E-state index contributed by atoms with van der Waals surface area (Å²) < 4.78 is 5.25. The summed E-state index contributed by atoms with van der Waals surface area (Å²) in [5.74, 6) is 1.35. The molecule has 3 rings (SSSR count). The molecular weight excluding hydrogens is 298 g/mol. The quantitative estimate of drug-likeness (QED) is 0.817. The van der Waals surface area contributed by atoms with Crippen molar-refractivity contribution in [2.75, 3.05) is 6.54 Å². The van der Waals surface area contributed by atoms with Crippen LogP contribution in [0.4, 0.5) is 0 Å². The van der Waals surface area contributed by atoms with Crippen molar-refractivity contribution in [1.29, 1.82) is 0 Å². The molecule has 1 aliphatic rings. The Morgan fingerprint density at radius 1 is 1.45 bits per heavy atom. The first-order valence-electron chi connectivity index (χ1n) is 7.94. The normalized spacial score (nSPS) is 15.3. The molecular formula is C16H21N3O2S. The zero-order valence-corrected chi connectivity index (χ0v) is 13.6. The Morgan fingerprint density at radius 2 is 2.27 bits per heavy atom. The van der Waals surface area contributed by atoms with E-state index in [9.17, 15) is 4.79 Å². The van der Waals surface area contributed by atoms with E-state index >= 15 is 0 Å². The van der Waals surface area contributed by atoms with Gasteiger partial charge in [-0.3, -0.25) is 4.79 Å². The van der Waals surface area contributed by atoms with Crippen molar-refractivity contribution in [2.45, 2.75) is 51.5 Å². The Labute approximate surface area is 134 Å². The number of carbonyl (C=O) groups is 1. The largest absolute Gasteiger partial charge is 0.340 e. The smallest absolute Gasteiger partial charge is 0.227 e. The molecule has 0 bridgehead atoms. The molecule has 118 valence electrons. The van der Waals surface area contributed by atoms with Gasteiger partial charge in [0.25, 0.3) is 0 Å². The van der Waals surface area contributed by atoms with Crippen LogP contribution < -0.4 is 0 Å². The summed E-state index contributed by atoms with van der Waals surface area (Å²) in [5.41, 5.74) is 0. The number of aryl methyl sites for hydroxylation is 1. The van der Waals surface area contributed by atoms with Crippen molar-refractivity contribution in [3.8, 4) is 10.7 Å². The molecule has 22 heavy (non-hydrogen) atoms. The van der Waals surface area contributed by atoms with E-state index in [0.717, 1.165) is 24.3 Å². The zero-order chi connectivity index (χ0) is 15.4. The summed E-state index contributed by atoms with van der Waals surface area (Å²) in [5, 5.41) is 5.96. The average molecular weight is 319 g/mol. The van der Waals surface area contributed by atoms with Crippen LogP contribution in [0.2, 0.25) is 0 Å². The number of hydrogen-bond acceptors (Lipinski definition) is 5. The van der Waals surface area contributed by atoms with E-state index in [1.165, 1.54) is 12.8 Å². The van der Waals surface area contributed by atoms with Gasteiger partial charge in [-0.15, -0.1) is 11.3 Å². The second-order valence-electron chi connectivity index (χ2n) is 5.61. The second kappa shape index (κ2) is 7.05. The first kappa shape index (κ1) is 15.2. The maximum Gasteiger partial charge on any atom is 0.227 e. The minimum Gasteiger partial charge on any atom is -0.340 e. The lowest BCUT2D eigenvalue weighted by molar-refractivity contribution is -0.133. The van der Waals surface area contributed by atoms with Gasteiger partial charge < -0.3 is 9.42 Å². The predicted molar refractivity (Wildman–Crippen MR) is 85.6 cm³/mol. The lowest BCUT2D eigenvalue weighted by Gasteiger charge is -2.27. The number of nitrogens with zero attached hydrogens (tertiary/aromatic N) is 3. The first-order valence-corrected chi connectivity index (χ1v) is 8.82. The monoisotopic (exact) mass is 319 g/mol. The van der Waals surface area contributed by atoms with Crippen molar-refractivity contribution in [2.24, 2.45) is 0 Å². The van der Waals surface area contributed by atoms with Gasteiger partial charge in [0, 0.05) is 25.4 Å². The highest BCUT2D eigenvalue weighted by Crippen LogP contribution is 2.24. The molecule has 0 spiro atoms. The number of carbonyl (C=O) groups excluding carboxylic acids is 1. The maximum atomic E-state index is 12.4. The fraction of sp³-hybridized carbons (Fsp3) is 0.562. The predicted octanol–water partition coefficient (Wildman–Crippen LogP) is 3.52. The molecule has 0 radical (unpaired) electrons. The summed E-state index contributed by atoms with van der Waals surface area (Å²) in [4.78, 5) is 19.8. The molecule has 2 aromatic heterocycles. The van der Waals surface area contributed by atoms with Gasteiger partial charge >= 0.3 is 0 Å². The van der Waals surface area contributed by atoms with E-state index in [4.69, 9.17) is 4.52 Å². The van der Waals surface area contributed by atoms with Crippen LogP contribution in [0.3, 0.4) is 0 Å². The van der Waals surface area contributed by atoms with Crippen LogP contribution in [0.5, 0.6) is 0 Å². The van der Waals surface area contributed by atoms with E-state index in [1.807, 2.05) is 22.4 Å². The lowest BCUT2D eigenvalue weighted by Crippen LogP contribution is -2.38. The fourth-order valence-corrected chi connectivity index (χ4v) is 3.72. The van der Waals surface area contributed by atoms with Gasteiger partial charge in [-0.25, -0.2) is 0 Å². The Hall–Kier alpha value is -1.69. The summed E-state index contributed by atoms with van der Waals surface area (Å²) in [6.45, 7) is 2.84. The molecule has 0 aromatic carbocycles. The topological polar surface area (TPSA) is 59.2 Å². The Kier molecular flexibility index (Phi) is 4.87. The van der Waals surface area contributed by atoms with Crippen LogP contribution >= 0.6 is 11.3 Å². The van der Waals surface area contributed by atoms with Crippen LogP contribution in [-0.2, 0) is 11.2 Å². The van der Waals surface area contributed by atoms with Crippen molar-refractivity contribution in [3.05, 3.63) is 23.4 Å². The Bertz CT molecular complexity index is 603. The van der Waals surface area contributed by atoms with E-state index in [1.54, 1.807) is 11.3 Å². The first-order chi connectivity index (χ1) is 10.8. The van der Waals surface area contributed by atoms with Gasteiger partial charge in [-0.2, -0.15) is 4.98 Å². The van der Waals surface area contributed by atoms with Gasteiger partial charge in [-0.1, -0.05) is 24.1 Å². The number of amides is 1. The van der Waals surface area contributed by atoms with Crippen molar-refractivity contribution in [1.82, 2.24) is 15.0 Å². The number of thiophene rings is 1. The van der Waals surface area contributed by atoms with Crippen LogP contribution in [-0.4, -0.2) is 33.5 Å². The molecule has 5 nitrogen and oxygen atoms in total. The highest BCUT2D eigenvalue weighted by Gasteiger charge is 2.25. The van der Waals surface area contributed by atoms with E-state index in [-0.39, 0.29) is 5.91 Å². The minimum atomic E-state index is 0.199. The molecule has 0 N–H and O–H groups in total. The third-order valence-electron chi connectivity index (χ3n) is 4.19. The van der Waals surface area contributed by atoms with Crippen LogP contribution in [0.15, 0.2) is 22.0 Å². The molecule has 1 amide bonds. The van der Waals surface area contributed by atoms with E-state index < -0.39 is 0 Å². The van der Waals surface area contributed by atoms with Gasteiger partial charge in [-0.05, 0) is 31.2 Å². The van der Waals surface area contributed by atoms with E-state index in [0.29, 0.717) is 30.6 Å². The number of hydrogen-bond donors (Lipinski definition) is 0.